The summed E-state index contributed by atoms with van der Waals surface area (Å²) in [4.78, 5) is 22.6. The number of aryl methyl sites for hydroxylation is 1. The molecule has 0 atom stereocenters. The second kappa shape index (κ2) is 11.0. The Bertz CT molecular complexity index is 1030. The molecule has 0 fully saturated rings. The molecule has 0 aliphatic heterocycles. The zero-order chi connectivity index (χ0) is 20.8. The number of imidazole rings is 1. The van der Waals surface area contributed by atoms with Gasteiger partial charge in [0.25, 0.3) is 5.91 Å². The van der Waals surface area contributed by atoms with E-state index >= 15 is 0 Å². The number of para-hydroxylation sites is 2. The van der Waals surface area contributed by atoms with Gasteiger partial charge in [-0.2, -0.15) is 0 Å². The third-order valence-corrected chi connectivity index (χ3v) is 4.80. The van der Waals surface area contributed by atoms with Crippen molar-refractivity contribution in [2.45, 2.75) is 13.0 Å². The number of amides is 1. The van der Waals surface area contributed by atoms with Gasteiger partial charge in [-0.3, -0.25) is 9.79 Å². The van der Waals surface area contributed by atoms with Gasteiger partial charge in [-0.1, -0.05) is 24.3 Å². The van der Waals surface area contributed by atoms with Gasteiger partial charge >= 0.3 is 0 Å². The van der Waals surface area contributed by atoms with Crippen LogP contribution in [0.4, 0.5) is 0 Å². The molecule has 1 amide bonds. The number of fused-ring (bicyclic) bond motifs is 1. The highest BCUT2D eigenvalue weighted by atomic mass is 127. The van der Waals surface area contributed by atoms with Crippen molar-refractivity contribution < 1.29 is 4.79 Å². The maximum atomic E-state index is 12.1. The van der Waals surface area contributed by atoms with Crippen LogP contribution in [0.1, 0.15) is 21.7 Å². The van der Waals surface area contributed by atoms with Gasteiger partial charge in [0, 0.05) is 40.3 Å². The Morgan fingerprint density at radius 2 is 1.90 bits per heavy atom. The number of benzene rings is 2. The zero-order valence-corrected chi connectivity index (χ0v) is 20.2. The molecule has 0 saturated heterocycles. The lowest BCUT2D eigenvalue weighted by Crippen LogP contribution is -2.38. The minimum atomic E-state index is 0. The summed E-state index contributed by atoms with van der Waals surface area (Å²) in [7, 11) is 7.29. The number of rotatable bonds is 6. The van der Waals surface area contributed by atoms with E-state index in [4.69, 9.17) is 0 Å². The van der Waals surface area contributed by atoms with Crippen LogP contribution in [0, 0.1) is 0 Å². The van der Waals surface area contributed by atoms with Crippen LogP contribution in [0.15, 0.2) is 53.5 Å². The molecule has 0 radical (unpaired) electrons. The summed E-state index contributed by atoms with van der Waals surface area (Å²) < 4.78 is 2.09. The average Bonchev–Trinajstić information content (AvgIpc) is 3.06. The Balaban J connectivity index is 0.00000320. The Kier molecular flexibility index (Phi) is 8.64. The molecule has 0 unspecified atom stereocenters. The predicted molar refractivity (Wildman–Crippen MR) is 132 cm³/mol. The smallest absolute Gasteiger partial charge is 0.253 e. The first kappa shape index (κ1) is 23.7. The lowest BCUT2D eigenvalue weighted by molar-refractivity contribution is 0.0827. The molecule has 0 bridgehead atoms. The highest BCUT2D eigenvalue weighted by Gasteiger charge is 2.09. The van der Waals surface area contributed by atoms with Gasteiger partial charge in [0.2, 0.25) is 0 Å². The molecular weight excluding hydrogens is 491 g/mol. The minimum absolute atomic E-state index is 0. The second-order valence-corrected chi connectivity index (χ2v) is 7.08. The number of aromatic nitrogens is 2. The van der Waals surface area contributed by atoms with Crippen molar-refractivity contribution >= 4 is 46.9 Å². The predicted octanol–water partition coefficient (Wildman–Crippen LogP) is 2.80. The van der Waals surface area contributed by atoms with Gasteiger partial charge in [-0.25, -0.2) is 4.98 Å². The van der Waals surface area contributed by atoms with Crippen LogP contribution in [0.2, 0.25) is 0 Å². The van der Waals surface area contributed by atoms with Crippen LogP contribution in [0.3, 0.4) is 0 Å². The summed E-state index contributed by atoms with van der Waals surface area (Å²) in [6.45, 7) is 1.29. The molecule has 1 heterocycles. The van der Waals surface area contributed by atoms with Crippen molar-refractivity contribution in [1.29, 1.82) is 0 Å². The topological polar surface area (TPSA) is 74.6 Å². The first-order chi connectivity index (χ1) is 14.0. The van der Waals surface area contributed by atoms with Crippen LogP contribution in [-0.2, 0) is 20.0 Å². The number of carbonyl (C=O) groups is 1. The maximum absolute atomic E-state index is 12.1. The van der Waals surface area contributed by atoms with E-state index in [0.717, 1.165) is 34.8 Å². The van der Waals surface area contributed by atoms with Crippen LogP contribution in [0.25, 0.3) is 11.0 Å². The molecule has 0 saturated carbocycles. The van der Waals surface area contributed by atoms with E-state index in [2.05, 4.69) is 31.2 Å². The van der Waals surface area contributed by atoms with Crippen LogP contribution < -0.4 is 10.6 Å². The Morgan fingerprint density at radius 1 is 1.13 bits per heavy atom. The van der Waals surface area contributed by atoms with Crippen molar-refractivity contribution in [1.82, 2.24) is 25.1 Å². The highest BCUT2D eigenvalue weighted by Crippen LogP contribution is 2.13. The second-order valence-electron chi connectivity index (χ2n) is 7.08. The third kappa shape index (κ3) is 5.71. The summed E-state index contributed by atoms with van der Waals surface area (Å²) in [6, 6.07) is 15.8. The summed E-state index contributed by atoms with van der Waals surface area (Å²) in [5.74, 6) is 1.68. The van der Waals surface area contributed by atoms with Gasteiger partial charge in [-0.15, -0.1) is 24.0 Å². The maximum Gasteiger partial charge on any atom is 0.253 e. The summed E-state index contributed by atoms with van der Waals surface area (Å²) >= 11 is 0. The van der Waals surface area contributed by atoms with Crippen molar-refractivity contribution in [3.8, 4) is 0 Å². The molecule has 2 aromatic carbocycles. The average molecular weight is 520 g/mol. The fraction of sp³-hybridized carbons (Fsp3) is 0.318. The summed E-state index contributed by atoms with van der Waals surface area (Å²) in [5, 5.41) is 6.63. The lowest BCUT2D eigenvalue weighted by atomic mass is 10.1. The molecule has 7 nitrogen and oxygen atoms in total. The van der Waals surface area contributed by atoms with Crippen molar-refractivity contribution in [3.05, 3.63) is 65.5 Å². The molecule has 8 heteroatoms. The monoisotopic (exact) mass is 520 g/mol. The molecule has 0 aliphatic carbocycles. The molecule has 3 rings (SSSR count). The van der Waals surface area contributed by atoms with Gasteiger partial charge in [0.05, 0.1) is 17.6 Å². The Hall–Kier alpha value is -2.62. The van der Waals surface area contributed by atoms with E-state index in [1.165, 1.54) is 0 Å². The number of nitrogens with zero attached hydrogens (tertiary/aromatic N) is 4. The van der Waals surface area contributed by atoms with Crippen molar-refractivity contribution in [3.63, 3.8) is 0 Å². The quantitative estimate of drug-likeness (QED) is 0.298. The van der Waals surface area contributed by atoms with Crippen LogP contribution in [-0.4, -0.2) is 54.0 Å². The SMILES string of the molecule is CN=C(NCCc1cccc(C(=O)N(C)C)c1)NCc1nc2ccccc2n1C.I. The molecule has 0 spiro atoms. The van der Waals surface area contributed by atoms with E-state index in [1.807, 2.05) is 49.5 Å². The number of hydrogen-bond donors (Lipinski definition) is 2. The van der Waals surface area contributed by atoms with E-state index in [1.54, 1.807) is 26.0 Å². The number of guanidine groups is 1. The van der Waals surface area contributed by atoms with E-state index < -0.39 is 0 Å². The number of halogens is 1. The van der Waals surface area contributed by atoms with E-state index in [0.29, 0.717) is 18.7 Å². The molecule has 3 aromatic rings. The zero-order valence-electron chi connectivity index (χ0n) is 17.8. The van der Waals surface area contributed by atoms with Gasteiger partial charge in [0.1, 0.15) is 5.82 Å². The van der Waals surface area contributed by atoms with Crippen molar-refractivity contribution in [2.24, 2.45) is 12.0 Å². The lowest BCUT2D eigenvalue weighted by Gasteiger charge is -2.13. The molecular formula is C22H29IN6O. The van der Waals surface area contributed by atoms with Crippen LogP contribution in [0.5, 0.6) is 0 Å². The standard InChI is InChI=1S/C22H28N6O.HI/c1-23-22(25-15-20-26-18-10-5-6-11-19(18)28(20)4)24-13-12-16-8-7-9-17(14-16)21(29)27(2)3;/h5-11,14H,12-13,15H2,1-4H3,(H2,23,24,25);1H. The van der Waals surface area contributed by atoms with E-state index in [9.17, 15) is 4.79 Å². The molecule has 1 aromatic heterocycles. The molecule has 160 valence electrons. The molecule has 0 aliphatic rings. The normalized spacial score (nSPS) is 11.1. The highest BCUT2D eigenvalue weighted by molar-refractivity contribution is 14.0. The van der Waals surface area contributed by atoms with Gasteiger partial charge < -0.3 is 20.1 Å². The number of nitrogens with one attached hydrogen (secondary N) is 2. The third-order valence-electron chi connectivity index (χ3n) is 4.80. The Labute approximate surface area is 194 Å². The largest absolute Gasteiger partial charge is 0.356 e. The Morgan fingerprint density at radius 3 is 2.60 bits per heavy atom. The molecule has 30 heavy (non-hydrogen) atoms. The van der Waals surface area contributed by atoms with Crippen molar-refractivity contribution in [2.75, 3.05) is 27.7 Å². The van der Waals surface area contributed by atoms with E-state index in [-0.39, 0.29) is 29.9 Å². The summed E-state index contributed by atoms with van der Waals surface area (Å²) in [6.07, 6.45) is 0.793. The van der Waals surface area contributed by atoms with Crippen LogP contribution >= 0.6 is 24.0 Å². The fourth-order valence-electron chi connectivity index (χ4n) is 3.18. The van der Waals surface area contributed by atoms with Gasteiger partial charge in [0.15, 0.2) is 5.96 Å². The first-order valence-electron chi connectivity index (χ1n) is 9.65. The number of carbonyl (C=O) groups excluding carboxylic acids is 1. The molecule has 2 N–H and O–H groups in total. The first-order valence-corrected chi connectivity index (χ1v) is 9.65. The van der Waals surface area contributed by atoms with Gasteiger partial charge in [-0.05, 0) is 36.2 Å². The minimum Gasteiger partial charge on any atom is -0.356 e. The number of hydrogen-bond acceptors (Lipinski definition) is 3. The fourth-order valence-corrected chi connectivity index (χ4v) is 3.18. The number of aliphatic imine (C=N–C) groups is 1. The summed E-state index contributed by atoms with van der Waals surface area (Å²) in [5.41, 5.74) is 3.91.